The number of benzene rings is 2. The summed E-state index contributed by atoms with van der Waals surface area (Å²) >= 11 is 0. The summed E-state index contributed by atoms with van der Waals surface area (Å²) in [4.78, 5) is 24.4. The van der Waals surface area contributed by atoms with Crippen molar-refractivity contribution in [3.63, 3.8) is 0 Å². The minimum Gasteiger partial charge on any atom is -0.479 e. The van der Waals surface area contributed by atoms with E-state index in [-0.39, 0.29) is 6.61 Å². The Morgan fingerprint density at radius 1 is 1.00 bits per heavy atom. The molecule has 148 valence electrons. The van der Waals surface area contributed by atoms with Crippen LogP contribution in [0.3, 0.4) is 0 Å². The van der Waals surface area contributed by atoms with E-state index in [1.807, 2.05) is 67.6 Å². The van der Waals surface area contributed by atoms with Gasteiger partial charge < -0.3 is 19.3 Å². The fourth-order valence-corrected chi connectivity index (χ4v) is 3.22. The van der Waals surface area contributed by atoms with Crippen LogP contribution in [0.5, 0.6) is 0 Å². The van der Waals surface area contributed by atoms with Crippen molar-refractivity contribution in [1.29, 1.82) is 0 Å². The SMILES string of the molecule is CCCCC1(c2ccccc2)OC(C(=O)O)C(C(=O)OCc2ccccc2)O1. The third kappa shape index (κ3) is 4.40. The summed E-state index contributed by atoms with van der Waals surface area (Å²) in [6, 6.07) is 18.3. The molecule has 28 heavy (non-hydrogen) atoms. The minimum absolute atomic E-state index is 0.0408. The summed E-state index contributed by atoms with van der Waals surface area (Å²) < 4.78 is 17.2. The predicted molar refractivity (Wildman–Crippen MR) is 101 cm³/mol. The normalized spacial score (nSPS) is 24.0. The van der Waals surface area contributed by atoms with Gasteiger partial charge in [-0.1, -0.05) is 74.0 Å². The van der Waals surface area contributed by atoms with Crippen molar-refractivity contribution in [3.8, 4) is 0 Å². The van der Waals surface area contributed by atoms with Crippen molar-refractivity contribution < 1.29 is 28.9 Å². The molecule has 1 aliphatic rings. The van der Waals surface area contributed by atoms with Crippen molar-refractivity contribution >= 4 is 11.9 Å². The quantitative estimate of drug-likeness (QED) is 0.700. The van der Waals surface area contributed by atoms with E-state index in [0.29, 0.717) is 12.0 Å². The highest BCUT2D eigenvalue weighted by Gasteiger charge is 2.54. The van der Waals surface area contributed by atoms with E-state index in [0.717, 1.165) is 18.4 Å². The molecule has 0 spiro atoms. The molecule has 2 aromatic rings. The van der Waals surface area contributed by atoms with E-state index in [4.69, 9.17) is 14.2 Å². The molecular formula is C22H24O6. The van der Waals surface area contributed by atoms with Crippen LogP contribution in [0.1, 0.15) is 37.3 Å². The smallest absolute Gasteiger partial charge is 0.339 e. The Labute approximate surface area is 164 Å². The molecule has 1 saturated heterocycles. The molecule has 2 aromatic carbocycles. The topological polar surface area (TPSA) is 82.1 Å². The van der Waals surface area contributed by atoms with Gasteiger partial charge in [-0.25, -0.2) is 9.59 Å². The highest BCUT2D eigenvalue weighted by molar-refractivity contribution is 5.85. The lowest BCUT2D eigenvalue weighted by Crippen LogP contribution is -2.38. The lowest BCUT2D eigenvalue weighted by molar-refractivity contribution is -0.200. The fourth-order valence-electron chi connectivity index (χ4n) is 3.22. The molecule has 1 heterocycles. The third-order valence-electron chi connectivity index (χ3n) is 4.68. The number of carboxylic acids is 1. The first-order chi connectivity index (χ1) is 13.6. The maximum Gasteiger partial charge on any atom is 0.339 e. The monoisotopic (exact) mass is 384 g/mol. The van der Waals surface area contributed by atoms with Gasteiger partial charge in [0.15, 0.2) is 18.0 Å². The van der Waals surface area contributed by atoms with Crippen LogP contribution in [-0.2, 0) is 36.2 Å². The number of carbonyl (C=O) groups is 2. The molecule has 0 radical (unpaired) electrons. The van der Waals surface area contributed by atoms with Gasteiger partial charge in [0.2, 0.25) is 0 Å². The zero-order chi connectivity index (χ0) is 20.0. The van der Waals surface area contributed by atoms with Crippen molar-refractivity contribution in [1.82, 2.24) is 0 Å². The summed E-state index contributed by atoms with van der Waals surface area (Å²) in [6.07, 6.45) is -0.687. The first kappa shape index (κ1) is 20.0. The van der Waals surface area contributed by atoms with Crippen molar-refractivity contribution in [3.05, 3.63) is 71.8 Å². The third-order valence-corrected chi connectivity index (χ3v) is 4.68. The van der Waals surface area contributed by atoms with Crippen LogP contribution in [0.25, 0.3) is 0 Å². The van der Waals surface area contributed by atoms with Gasteiger partial charge in [-0.2, -0.15) is 0 Å². The number of rotatable bonds is 8. The molecule has 3 rings (SSSR count). The Bertz CT molecular complexity index is 791. The van der Waals surface area contributed by atoms with Crippen LogP contribution < -0.4 is 0 Å². The van der Waals surface area contributed by atoms with Crippen molar-refractivity contribution in [2.75, 3.05) is 0 Å². The van der Waals surface area contributed by atoms with Crippen LogP contribution in [0.15, 0.2) is 60.7 Å². The highest BCUT2D eigenvalue weighted by atomic mass is 16.8. The standard InChI is InChI=1S/C22H24O6/c1-2-3-14-22(17-12-8-5-9-13-17)27-18(20(23)24)19(28-22)21(25)26-15-16-10-6-4-7-11-16/h4-13,18-19H,2-3,14-15H2,1H3,(H,23,24). The largest absolute Gasteiger partial charge is 0.479 e. The second-order valence-electron chi connectivity index (χ2n) is 6.73. The van der Waals surface area contributed by atoms with Gasteiger partial charge in [0.05, 0.1) is 0 Å². The summed E-state index contributed by atoms with van der Waals surface area (Å²) in [7, 11) is 0. The molecule has 3 atom stereocenters. The Morgan fingerprint density at radius 3 is 2.21 bits per heavy atom. The number of hydrogen-bond acceptors (Lipinski definition) is 5. The van der Waals surface area contributed by atoms with E-state index in [1.54, 1.807) is 0 Å². The molecule has 3 unspecified atom stereocenters. The number of unbranched alkanes of at least 4 members (excludes halogenated alkanes) is 1. The fraction of sp³-hybridized carbons (Fsp3) is 0.364. The predicted octanol–water partition coefficient (Wildman–Crippen LogP) is 3.64. The van der Waals surface area contributed by atoms with Gasteiger partial charge in [-0.3, -0.25) is 0 Å². The van der Waals surface area contributed by atoms with E-state index < -0.39 is 29.9 Å². The van der Waals surface area contributed by atoms with Gasteiger partial charge in [-0.05, 0) is 12.0 Å². The number of aliphatic carboxylic acids is 1. The summed E-state index contributed by atoms with van der Waals surface area (Å²) in [5.74, 6) is -3.28. The Balaban J connectivity index is 1.81. The molecule has 1 fully saturated rings. The van der Waals surface area contributed by atoms with E-state index in [2.05, 4.69) is 0 Å². The Hall–Kier alpha value is -2.70. The zero-order valence-electron chi connectivity index (χ0n) is 15.7. The van der Waals surface area contributed by atoms with Gasteiger partial charge in [0.1, 0.15) is 6.61 Å². The van der Waals surface area contributed by atoms with E-state index in [1.165, 1.54) is 0 Å². The average Bonchev–Trinajstić information content (AvgIpc) is 3.13. The number of hydrogen-bond donors (Lipinski definition) is 1. The Kier molecular flexibility index (Phi) is 6.44. The van der Waals surface area contributed by atoms with E-state index in [9.17, 15) is 14.7 Å². The molecule has 1 N–H and O–H groups in total. The number of esters is 1. The molecule has 0 amide bonds. The molecule has 6 nitrogen and oxygen atoms in total. The maximum absolute atomic E-state index is 12.6. The van der Waals surface area contributed by atoms with Crippen LogP contribution in [0, 0.1) is 0 Å². The summed E-state index contributed by atoms with van der Waals surface area (Å²) in [6.45, 7) is 2.06. The molecule has 0 aliphatic carbocycles. The first-order valence-corrected chi connectivity index (χ1v) is 9.40. The molecular weight excluding hydrogens is 360 g/mol. The number of ether oxygens (including phenoxy) is 3. The van der Waals surface area contributed by atoms with Gasteiger partial charge in [-0.15, -0.1) is 0 Å². The van der Waals surface area contributed by atoms with Crippen molar-refractivity contribution in [2.24, 2.45) is 0 Å². The molecule has 1 aliphatic heterocycles. The second kappa shape index (κ2) is 8.99. The lowest BCUT2D eigenvalue weighted by atomic mass is 10.00. The minimum atomic E-state index is -1.43. The molecule has 6 heteroatoms. The van der Waals surface area contributed by atoms with E-state index >= 15 is 0 Å². The lowest BCUT2D eigenvalue weighted by Gasteiger charge is -2.28. The second-order valence-corrected chi connectivity index (χ2v) is 6.73. The highest BCUT2D eigenvalue weighted by Crippen LogP contribution is 2.42. The van der Waals surface area contributed by atoms with Crippen LogP contribution >= 0.6 is 0 Å². The van der Waals surface area contributed by atoms with Crippen LogP contribution in [-0.4, -0.2) is 29.3 Å². The van der Waals surface area contributed by atoms with Crippen molar-refractivity contribution in [2.45, 2.75) is 50.8 Å². The maximum atomic E-state index is 12.6. The number of carbonyl (C=O) groups excluding carboxylic acids is 1. The first-order valence-electron chi connectivity index (χ1n) is 9.40. The molecule has 0 bridgehead atoms. The Morgan fingerprint density at radius 2 is 1.61 bits per heavy atom. The van der Waals surface area contributed by atoms with Gasteiger partial charge >= 0.3 is 11.9 Å². The van der Waals surface area contributed by atoms with Crippen LogP contribution in [0.4, 0.5) is 0 Å². The molecule has 0 aromatic heterocycles. The van der Waals surface area contributed by atoms with Gasteiger partial charge in [0, 0.05) is 12.0 Å². The number of carboxylic acid groups (broad SMARTS) is 1. The van der Waals surface area contributed by atoms with Crippen LogP contribution in [0.2, 0.25) is 0 Å². The average molecular weight is 384 g/mol. The molecule has 0 saturated carbocycles. The van der Waals surface area contributed by atoms with Gasteiger partial charge in [0.25, 0.3) is 0 Å². The zero-order valence-corrected chi connectivity index (χ0v) is 15.7. The summed E-state index contributed by atoms with van der Waals surface area (Å²) in [5.41, 5.74) is 1.50. The summed E-state index contributed by atoms with van der Waals surface area (Å²) in [5, 5.41) is 9.61.